The molecule has 1 fully saturated rings. The van der Waals surface area contributed by atoms with Crippen molar-refractivity contribution in [3.63, 3.8) is 0 Å². The SMILES string of the molecule is CNC(=O)CN1C(=O)N[C@@](C)(c2ccc(OC(F)(F)F)cc2)C1=O. The third kappa shape index (κ3) is 3.42. The zero-order chi connectivity index (χ0) is 18.1. The zero-order valence-corrected chi connectivity index (χ0v) is 12.7. The molecule has 1 aromatic carbocycles. The third-order valence-electron chi connectivity index (χ3n) is 3.52. The zero-order valence-electron chi connectivity index (χ0n) is 12.7. The maximum absolute atomic E-state index is 12.5. The Morgan fingerprint density at radius 3 is 2.38 bits per heavy atom. The lowest BCUT2D eigenvalue weighted by Crippen LogP contribution is -2.42. The number of ether oxygens (including phenoxy) is 1. The summed E-state index contributed by atoms with van der Waals surface area (Å²) in [5.41, 5.74) is -1.23. The molecule has 0 bridgehead atoms. The van der Waals surface area contributed by atoms with Gasteiger partial charge in [-0.3, -0.25) is 14.5 Å². The summed E-state index contributed by atoms with van der Waals surface area (Å²) in [5.74, 6) is -1.66. The first-order valence-electron chi connectivity index (χ1n) is 6.78. The monoisotopic (exact) mass is 345 g/mol. The van der Waals surface area contributed by atoms with E-state index in [1.807, 2.05) is 0 Å². The maximum Gasteiger partial charge on any atom is 0.573 e. The molecule has 0 spiro atoms. The molecule has 0 aliphatic carbocycles. The molecule has 1 saturated heterocycles. The number of carbonyl (C=O) groups excluding carboxylic acids is 3. The van der Waals surface area contributed by atoms with Crippen LogP contribution in [-0.4, -0.2) is 42.7 Å². The number of nitrogens with zero attached hydrogens (tertiary/aromatic N) is 1. The van der Waals surface area contributed by atoms with Crippen molar-refractivity contribution in [3.8, 4) is 5.75 Å². The molecule has 2 N–H and O–H groups in total. The van der Waals surface area contributed by atoms with E-state index in [2.05, 4.69) is 15.4 Å². The van der Waals surface area contributed by atoms with Crippen LogP contribution in [0.3, 0.4) is 0 Å². The van der Waals surface area contributed by atoms with E-state index in [-0.39, 0.29) is 5.56 Å². The van der Waals surface area contributed by atoms with Crippen LogP contribution in [0.5, 0.6) is 5.75 Å². The van der Waals surface area contributed by atoms with Crippen molar-refractivity contribution >= 4 is 17.8 Å². The van der Waals surface area contributed by atoms with Crippen LogP contribution in [0.4, 0.5) is 18.0 Å². The Bertz CT molecular complexity index is 675. The molecule has 10 heteroatoms. The van der Waals surface area contributed by atoms with Crippen LogP contribution in [0.25, 0.3) is 0 Å². The van der Waals surface area contributed by atoms with E-state index in [9.17, 15) is 27.6 Å². The lowest BCUT2D eigenvalue weighted by Gasteiger charge is -2.22. The van der Waals surface area contributed by atoms with Gasteiger partial charge in [-0.25, -0.2) is 4.79 Å². The van der Waals surface area contributed by atoms with Crippen LogP contribution in [0.15, 0.2) is 24.3 Å². The van der Waals surface area contributed by atoms with Gasteiger partial charge >= 0.3 is 12.4 Å². The van der Waals surface area contributed by atoms with Gasteiger partial charge in [0.1, 0.15) is 17.8 Å². The van der Waals surface area contributed by atoms with Crippen molar-refractivity contribution in [2.45, 2.75) is 18.8 Å². The number of urea groups is 1. The number of nitrogens with one attached hydrogen (secondary N) is 2. The van der Waals surface area contributed by atoms with E-state index < -0.39 is 42.0 Å². The molecule has 0 saturated carbocycles. The minimum atomic E-state index is -4.83. The minimum absolute atomic E-state index is 0.259. The molecule has 1 atom stereocenters. The largest absolute Gasteiger partial charge is 0.573 e. The normalized spacial score (nSPS) is 20.8. The molecule has 0 radical (unpaired) electrons. The van der Waals surface area contributed by atoms with Gasteiger partial charge in [0.05, 0.1) is 0 Å². The van der Waals surface area contributed by atoms with E-state index in [4.69, 9.17) is 0 Å². The van der Waals surface area contributed by atoms with Crippen LogP contribution >= 0.6 is 0 Å². The topological polar surface area (TPSA) is 87.7 Å². The number of hydrogen-bond donors (Lipinski definition) is 2. The number of rotatable bonds is 4. The number of hydrogen-bond acceptors (Lipinski definition) is 4. The Kier molecular flexibility index (Phi) is 4.41. The summed E-state index contributed by atoms with van der Waals surface area (Å²) in [5, 5.41) is 4.73. The highest BCUT2D eigenvalue weighted by molar-refractivity contribution is 6.09. The summed E-state index contributed by atoms with van der Waals surface area (Å²) in [6, 6.07) is 3.79. The van der Waals surface area contributed by atoms with Crippen LogP contribution < -0.4 is 15.4 Å². The Balaban J connectivity index is 2.23. The molecule has 4 amide bonds. The summed E-state index contributed by atoms with van der Waals surface area (Å²) >= 11 is 0. The molecule has 130 valence electrons. The van der Waals surface area contributed by atoms with Gasteiger partial charge in [-0.2, -0.15) is 0 Å². The second-order valence-electron chi connectivity index (χ2n) is 5.19. The van der Waals surface area contributed by atoms with Crippen molar-refractivity contribution in [1.29, 1.82) is 0 Å². The van der Waals surface area contributed by atoms with Gasteiger partial charge < -0.3 is 15.4 Å². The molecule has 1 aliphatic rings. The van der Waals surface area contributed by atoms with Crippen molar-refractivity contribution in [2.24, 2.45) is 0 Å². The van der Waals surface area contributed by atoms with Gasteiger partial charge in [0.2, 0.25) is 5.91 Å². The maximum atomic E-state index is 12.5. The molecular weight excluding hydrogens is 331 g/mol. The first kappa shape index (κ1) is 17.6. The van der Waals surface area contributed by atoms with Gasteiger partial charge in [0.15, 0.2) is 0 Å². The lowest BCUT2D eigenvalue weighted by atomic mass is 9.92. The first-order chi connectivity index (χ1) is 11.1. The second-order valence-corrected chi connectivity index (χ2v) is 5.19. The molecule has 0 unspecified atom stereocenters. The summed E-state index contributed by atoms with van der Waals surface area (Å²) in [6.45, 7) is 0.947. The fraction of sp³-hybridized carbons (Fsp3) is 0.357. The molecule has 24 heavy (non-hydrogen) atoms. The highest BCUT2D eigenvalue weighted by Crippen LogP contribution is 2.31. The van der Waals surface area contributed by atoms with Crippen LogP contribution in [0.1, 0.15) is 12.5 Å². The lowest BCUT2D eigenvalue weighted by molar-refractivity contribution is -0.274. The van der Waals surface area contributed by atoms with Crippen LogP contribution in [0.2, 0.25) is 0 Å². The predicted molar refractivity (Wildman–Crippen MR) is 74.8 cm³/mol. The van der Waals surface area contributed by atoms with Gasteiger partial charge in [0, 0.05) is 7.05 Å². The Morgan fingerprint density at radius 2 is 1.88 bits per heavy atom. The summed E-state index contributed by atoms with van der Waals surface area (Å²) in [4.78, 5) is 36.5. The molecule has 7 nitrogen and oxygen atoms in total. The first-order valence-corrected chi connectivity index (χ1v) is 6.78. The van der Waals surface area contributed by atoms with Gasteiger partial charge in [-0.1, -0.05) is 12.1 Å². The number of alkyl halides is 3. The summed E-state index contributed by atoms with van der Waals surface area (Å²) in [7, 11) is 1.36. The molecule has 1 aliphatic heterocycles. The second kappa shape index (κ2) is 6.02. The Labute approximate surface area is 134 Å². The highest BCUT2D eigenvalue weighted by atomic mass is 19.4. The molecule has 2 rings (SSSR count). The van der Waals surface area contributed by atoms with Crippen molar-refractivity contribution < 1.29 is 32.3 Å². The Morgan fingerprint density at radius 1 is 1.29 bits per heavy atom. The molecule has 1 aromatic rings. The van der Waals surface area contributed by atoms with E-state index in [1.165, 1.54) is 26.1 Å². The molecule has 0 aromatic heterocycles. The number of halogens is 3. The average molecular weight is 345 g/mol. The number of likely N-dealkylation sites (N-methyl/N-ethyl adjacent to an activating group) is 1. The third-order valence-corrected chi connectivity index (χ3v) is 3.52. The summed E-state index contributed by atoms with van der Waals surface area (Å²) < 4.78 is 40.2. The average Bonchev–Trinajstić information content (AvgIpc) is 2.70. The fourth-order valence-electron chi connectivity index (χ4n) is 2.25. The van der Waals surface area contributed by atoms with E-state index in [0.29, 0.717) is 0 Å². The quantitative estimate of drug-likeness (QED) is 0.800. The van der Waals surface area contributed by atoms with Crippen molar-refractivity contribution in [2.75, 3.05) is 13.6 Å². The van der Waals surface area contributed by atoms with Crippen molar-refractivity contribution in [1.82, 2.24) is 15.5 Å². The molecular formula is C14H14F3N3O4. The summed E-state index contributed by atoms with van der Waals surface area (Å²) in [6.07, 6.45) is -4.83. The number of benzene rings is 1. The number of amides is 4. The van der Waals surface area contributed by atoms with Crippen molar-refractivity contribution in [3.05, 3.63) is 29.8 Å². The van der Waals surface area contributed by atoms with Crippen LogP contribution in [-0.2, 0) is 15.1 Å². The number of carbonyl (C=O) groups is 3. The van der Waals surface area contributed by atoms with Gasteiger partial charge in [-0.15, -0.1) is 13.2 Å². The minimum Gasteiger partial charge on any atom is -0.406 e. The van der Waals surface area contributed by atoms with E-state index in [0.717, 1.165) is 17.0 Å². The smallest absolute Gasteiger partial charge is 0.406 e. The van der Waals surface area contributed by atoms with Gasteiger partial charge in [-0.05, 0) is 24.6 Å². The van der Waals surface area contributed by atoms with Crippen LogP contribution in [0, 0.1) is 0 Å². The number of imide groups is 1. The standard InChI is InChI=1S/C14H14F3N3O4/c1-13(8-3-5-9(6-4-8)24-14(15,16)17)11(22)20(12(23)19-13)7-10(21)18-2/h3-6H,7H2,1-2H3,(H,18,21)(H,19,23)/t13-/m0/s1. The fourth-order valence-corrected chi connectivity index (χ4v) is 2.25. The molecule has 1 heterocycles. The Hall–Kier alpha value is -2.78. The highest BCUT2D eigenvalue weighted by Gasteiger charge is 2.49. The van der Waals surface area contributed by atoms with Gasteiger partial charge in [0.25, 0.3) is 5.91 Å². The predicted octanol–water partition coefficient (Wildman–Crippen LogP) is 1.10. The van der Waals surface area contributed by atoms with E-state index >= 15 is 0 Å². The van der Waals surface area contributed by atoms with E-state index in [1.54, 1.807) is 0 Å².